The molecule has 0 saturated heterocycles. The molecular formula is C14H13FN2. The summed E-state index contributed by atoms with van der Waals surface area (Å²) < 4.78 is 12.9. The van der Waals surface area contributed by atoms with Gasteiger partial charge in [0.15, 0.2) is 0 Å². The van der Waals surface area contributed by atoms with Crippen molar-refractivity contribution in [2.24, 2.45) is 0 Å². The smallest absolute Gasteiger partial charge is 0.214 e. The first-order chi connectivity index (χ1) is 8.31. The second kappa shape index (κ2) is 4.17. The number of rotatable bonds is 2. The van der Waals surface area contributed by atoms with Crippen LogP contribution in [0, 0.1) is 5.95 Å². The molecule has 1 aliphatic carbocycles. The summed E-state index contributed by atoms with van der Waals surface area (Å²) in [6.45, 7) is 0. The molecule has 1 aliphatic rings. The molecule has 0 bridgehead atoms. The van der Waals surface area contributed by atoms with Gasteiger partial charge >= 0.3 is 0 Å². The van der Waals surface area contributed by atoms with Crippen molar-refractivity contribution in [3.63, 3.8) is 0 Å². The van der Waals surface area contributed by atoms with E-state index in [0.717, 1.165) is 12.1 Å². The van der Waals surface area contributed by atoms with Gasteiger partial charge < -0.3 is 5.32 Å². The van der Waals surface area contributed by atoms with E-state index >= 15 is 0 Å². The molecule has 0 fully saturated rings. The zero-order valence-corrected chi connectivity index (χ0v) is 9.41. The van der Waals surface area contributed by atoms with Gasteiger partial charge in [-0.25, -0.2) is 4.98 Å². The standard InChI is InChI=1S/C14H13FN2/c15-13-5-2-6-14(17-13)16-12-8-7-10-3-1-4-11(10)9-12/h2,5-9H,1,3-4H2,(H,16,17). The zero-order chi connectivity index (χ0) is 11.7. The lowest BCUT2D eigenvalue weighted by Crippen LogP contribution is -1.95. The zero-order valence-electron chi connectivity index (χ0n) is 9.41. The van der Waals surface area contributed by atoms with Crippen LogP contribution in [0.15, 0.2) is 36.4 Å². The number of aromatic nitrogens is 1. The highest BCUT2D eigenvalue weighted by Crippen LogP contribution is 2.26. The summed E-state index contributed by atoms with van der Waals surface area (Å²) >= 11 is 0. The number of halogens is 1. The Balaban J connectivity index is 1.86. The molecular weight excluding hydrogens is 215 g/mol. The number of nitrogens with one attached hydrogen (secondary N) is 1. The van der Waals surface area contributed by atoms with Crippen molar-refractivity contribution in [2.45, 2.75) is 19.3 Å². The number of nitrogens with zero attached hydrogens (tertiary/aromatic N) is 1. The highest BCUT2D eigenvalue weighted by Gasteiger charge is 2.10. The van der Waals surface area contributed by atoms with Crippen LogP contribution in [0.3, 0.4) is 0 Å². The van der Waals surface area contributed by atoms with Crippen molar-refractivity contribution in [3.8, 4) is 0 Å². The van der Waals surface area contributed by atoms with Gasteiger partial charge in [0.2, 0.25) is 5.95 Å². The lowest BCUT2D eigenvalue weighted by Gasteiger charge is -2.07. The maximum atomic E-state index is 12.9. The Bertz CT molecular complexity index is 552. The van der Waals surface area contributed by atoms with Crippen LogP contribution in [0.5, 0.6) is 0 Å². The third-order valence-electron chi connectivity index (χ3n) is 3.09. The second-order valence-electron chi connectivity index (χ2n) is 4.31. The van der Waals surface area contributed by atoms with Crippen molar-refractivity contribution < 1.29 is 4.39 Å². The topological polar surface area (TPSA) is 24.9 Å². The highest BCUT2D eigenvalue weighted by atomic mass is 19.1. The van der Waals surface area contributed by atoms with Gasteiger partial charge in [-0.15, -0.1) is 0 Å². The lowest BCUT2D eigenvalue weighted by atomic mass is 10.1. The Morgan fingerprint density at radius 3 is 2.82 bits per heavy atom. The van der Waals surface area contributed by atoms with E-state index in [0.29, 0.717) is 5.82 Å². The normalized spacial score (nSPS) is 13.5. The predicted molar refractivity (Wildman–Crippen MR) is 65.9 cm³/mol. The second-order valence-corrected chi connectivity index (χ2v) is 4.31. The average molecular weight is 228 g/mol. The molecule has 0 radical (unpaired) electrons. The summed E-state index contributed by atoms with van der Waals surface area (Å²) in [5, 5.41) is 3.12. The first kappa shape index (κ1) is 10.3. The molecule has 0 saturated carbocycles. The number of aryl methyl sites for hydroxylation is 2. The maximum Gasteiger partial charge on any atom is 0.214 e. The van der Waals surface area contributed by atoms with E-state index in [2.05, 4.69) is 22.4 Å². The summed E-state index contributed by atoms with van der Waals surface area (Å²) in [6.07, 6.45) is 3.55. The molecule has 0 atom stereocenters. The Morgan fingerprint density at radius 2 is 1.94 bits per heavy atom. The van der Waals surface area contributed by atoms with E-state index in [1.165, 1.54) is 30.0 Å². The molecule has 0 unspecified atom stereocenters. The molecule has 2 aromatic rings. The van der Waals surface area contributed by atoms with Crippen LogP contribution in [0.4, 0.5) is 15.9 Å². The Labute approximate surface area is 99.5 Å². The summed E-state index contributed by atoms with van der Waals surface area (Å²) in [5.74, 6) is 0.0825. The van der Waals surface area contributed by atoms with Gasteiger partial charge in [-0.3, -0.25) is 0 Å². The van der Waals surface area contributed by atoms with Crippen molar-refractivity contribution in [2.75, 3.05) is 5.32 Å². The number of fused-ring (bicyclic) bond motifs is 1. The van der Waals surface area contributed by atoms with Crippen LogP contribution in [0.25, 0.3) is 0 Å². The van der Waals surface area contributed by atoms with E-state index in [1.807, 2.05) is 6.07 Å². The number of benzene rings is 1. The molecule has 0 aliphatic heterocycles. The number of pyridine rings is 1. The predicted octanol–water partition coefficient (Wildman–Crippen LogP) is 3.45. The lowest BCUT2D eigenvalue weighted by molar-refractivity contribution is 0.585. The molecule has 86 valence electrons. The first-order valence-electron chi connectivity index (χ1n) is 5.83. The number of anilines is 2. The molecule has 0 amide bonds. The Hall–Kier alpha value is -1.90. The van der Waals surface area contributed by atoms with Gasteiger partial charge in [0, 0.05) is 5.69 Å². The fraction of sp³-hybridized carbons (Fsp3) is 0.214. The fourth-order valence-electron chi connectivity index (χ4n) is 2.28. The number of hydrogen-bond acceptors (Lipinski definition) is 2. The minimum atomic E-state index is -0.462. The van der Waals surface area contributed by atoms with Crippen LogP contribution >= 0.6 is 0 Å². The van der Waals surface area contributed by atoms with Crippen LogP contribution in [-0.4, -0.2) is 4.98 Å². The fourth-order valence-corrected chi connectivity index (χ4v) is 2.28. The average Bonchev–Trinajstić information content (AvgIpc) is 2.76. The first-order valence-corrected chi connectivity index (χ1v) is 5.83. The number of hydrogen-bond donors (Lipinski definition) is 1. The van der Waals surface area contributed by atoms with Gasteiger partial charge in [0.1, 0.15) is 5.82 Å². The third-order valence-corrected chi connectivity index (χ3v) is 3.09. The molecule has 3 rings (SSSR count). The Kier molecular flexibility index (Phi) is 2.52. The van der Waals surface area contributed by atoms with E-state index in [1.54, 1.807) is 12.1 Å². The maximum absolute atomic E-state index is 12.9. The molecule has 3 heteroatoms. The molecule has 1 aromatic heterocycles. The van der Waals surface area contributed by atoms with Crippen LogP contribution in [0.1, 0.15) is 17.5 Å². The molecule has 17 heavy (non-hydrogen) atoms. The van der Waals surface area contributed by atoms with E-state index < -0.39 is 5.95 Å². The highest BCUT2D eigenvalue weighted by molar-refractivity contribution is 5.58. The molecule has 2 nitrogen and oxygen atoms in total. The minimum absolute atomic E-state index is 0.462. The molecule has 0 spiro atoms. The van der Waals surface area contributed by atoms with Crippen LogP contribution in [0.2, 0.25) is 0 Å². The van der Waals surface area contributed by atoms with Crippen molar-refractivity contribution in [1.82, 2.24) is 4.98 Å². The van der Waals surface area contributed by atoms with E-state index in [9.17, 15) is 4.39 Å². The summed E-state index contributed by atoms with van der Waals surface area (Å²) in [4.78, 5) is 3.78. The summed E-state index contributed by atoms with van der Waals surface area (Å²) in [5.41, 5.74) is 3.80. The SMILES string of the molecule is Fc1cccc(Nc2ccc3c(c2)CCC3)n1. The quantitative estimate of drug-likeness (QED) is 0.796. The minimum Gasteiger partial charge on any atom is -0.340 e. The van der Waals surface area contributed by atoms with Crippen molar-refractivity contribution in [3.05, 3.63) is 53.5 Å². The van der Waals surface area contributed by atoms with Gasteiger partial charge in [-0.05, 0) is 54.7 Å². The summed E-state index contributed by atoms with van der Waals surface area (Å²) in [6, 6.07) is 11.1. The van der Waals surface area contributed by atoms with Gasteiger partial charge in [-0.2, -0.15) is 4.39 Å². The van der Waals surface area contributed by atoms with Gasteiger partial charge in [0.05, 0.1) is 0 Å². The largest absolute Gasteiger partial charge is 0.340 e. The van der Waals surface area contributed by atoms with Crippen molar-refractivity contribution >= 4 is 11.5 Å². The monoisotopic (exact) mass is 228 g/mol. The van der Waals surface area contributed by atoms with E-state index in [-0.39, 0.29) is 0 Å². The molecule has 1 aromatic carbocycles. The molecule has 1 N–H and O–H groups in total. The summed E-state index contributed by atoms with van der Waals surface area (Å²) in [7, 11) is 0. The van der Waals surface area contributed by atoms with Crippen LogP contribution < -0.4 is 5.32 Å². The molecule has 1 heterocycles. The van der Waals surface area contributed by atoms with E-state index in [4.69, 9.17) is 0 Å². The van der Waals surface area contributed by atoms with Gasteiger partial charge in [0.25, 0.3) is 0 Å². The van der Waals surface area contributed by atoms with Gasteiger partial charge in [-0.1, -0.05) is 12.1 Å². The Morgan fingerprint density at radius 1 is 1.06 bits per heavy atom. The van der Waals surface area contributed by atoms with Crippen LogP contribution in [-0.2, 0) is 12.8 Å². The third kappa shape index (κ3) is 2.13. The van der Waals surface area contributed by atoms with Crippen molar-refractivity contribution in [1.29, 1.82) is 0 Å².